The molecule has 0 aromatic carbocycles. The van der Waals surface area contributed by atoms with Gasteiger partial charge in [0.15, 0.2) is 0 Å². The summed E-state index contributed by atoms with van der Waals surface area (Å²) in [5.41, 5.74) is 2.46. The average Bonchev–Trinajstić information content (AvgIpc) is 2.88. The molecule has 2 amide bonds. The van der Waals surface area contributed by atoms with E-state index in [2.05, 4.69) is 33.2 Å². The van der Waals surface area contributed by atoms with Crippen LogP contribution in [0.2, 0.25) is 0 Å². The van der Waals surface area contributed by atoms with Gasteiger partial charge in [-0.3, -0.25) is 0 Å². The number of nitrogens with zero attached hydrogens (tertiary/aromatic N) is 3. The van der Waals surface area contributed by atoms with E-state index in [0.29, 0.717) is 13.1 Å². The fraction of sp³-hybridized carbons (Fsp3) is 0.444. The zero-order valence-corrected chi connectivity index (χ0v) is 10.1. The zero-order chi connectivity index (χ0) is 13.4. The van der Waals surface area contributed by atoms with Crippen molar-refractivity contribution in [2.24, 2.45) is 4.90 Å². The van der Waals surface area contributed by atoms with Crippen LogP contribution >= 0.6 is 0 Å². The van der Waals surface area contributed by atoms with Crippen molar-refractivity contribution in [3.05, 3.63) is 18.2 Å². The molecule has 0 aliphatic heterocycles. The molecular formula is C9H15BN6O2. The molecule has 96 valence electrons. The van der Waals surface area contributed by atoms with Crippen LogP contribution in [-0.4, -0.2) is 61.1 Å². The third-order valence-electron chi connectivity index (χ3n) is 2.08. The third-order valence-corrected chi connectivity index (χ3v) is 2.08. The maximum atomic E-state index is 11.7. The Morgan fingerprint density at radius 3 is 2.94 bits per heavy atom. The Kier molecular flexibility index (Phi) is 5.72. The van der Waals surface area contributed by atoms with E-state index in [1.54, 1.807) is 7.05 Å². The molecule has 0 radical (unpaired) electrons. The number of aromatic amines is 1. The summed E-state index contributed by atoms with van der Waals surface area (Å²) in [6, 6.07) is 0. The number of hydrazine groups is 1. The predicted molar refractivity (Wildman–Crippen MR) is 66.1 cm³/mol. The van der Waals surface area contributed by atoms with E-state index in [-0.39, 0.29) is 18.3 Å². The Labute approximate surface area is 105 Å². The topological polar surface area (TPSA) is 102 Å². The van der Waals surface area contributed by atoms with Gasteiger partial charge in [-0.25, -0.2) is 0 Å². The van der Waals surface area contributed by atoms with E-state index in [1.165, 1.54) is 17.4 Å². The Hall–Kier alpha value is -2.03. The number of likely N-dealkylation sites (N-methyl/N-ethyl adjacent to an activating group) is 1. The maximum absolute atomic E-state index is 11.7. The number of hydrogen-bond acceptors (Lipinski definition) is 5. The number of carbonyl (C=O) groups is 2. The number of rotatable bonds is 6. The van der Waals surface area contributed by atoms with E-state index >= 15 is 0 Å². The Morgan fingerprint density at radius 1 is 1.61 bits per heavy atom. The fourth-order valence-electron chi connectivity index (χ4n) is 1.21. The molecule has 0 bridgehead atoms. The van der Waals surface area contributed by atoms with Crippen molar-refractivity contribution in [2.75, 3.05) is 26.7 Å². The molecule has 0 fully saturated rings. The average molecular weight is 250 g/mol. The quantitative estimate of drug-likeness (QED) is 0.409. The number of H-pyrrole nitrogens is 1. The van der Waals surface area contributed by atoms with Gasteiger partial charge in [-0.15, -0.1) is 0 Å². The van der Waals surface area contributed by atoms with Gasteiger partial charge in [0, 0.05) is 0 Å². The predicted octanol–water partition coefficient (Wildman–Crippen LogP) is -1.81. The number of carbonyl (C=O) groups excluding carboxylic acids is 2. The summed E-state index contributed by atoms with van der Waals surface area (Å²) in [4.78, 5) is 33.3. The Balaban J connectivity index is 2.62. The summed E-state index contributed by atoms with van der Waals surface area (Å²) in [5, 5.41) is 4.08. The Bertz CT molecular complexity index is 407. The summed E-state index contributed by atoms with van der Waals surface area (Å²) in [6.45, 7) is 0.792. The number of hydrogen-bond donors (Lipinski definition) is 3. The van der Waals surface area contributed by atoms with Crippen molar-refractivity contribution >= 4 is 19.5 Å². The summed E-state index contributed by atoms with van der Waals surface area (Å²) in [5.74, 6) is -0.669. The molecule has 0 saturated carbocycles. The van der Waals surface area contributed by atoms with Crippen LogP contribution < -0.4 is 10.7 Å². The van der Waals surface area contributed by atoms with Crippen molar-refractivity contribution in [2.45, 2.75) is 0 Å². The van der Waals surface area contributed by atoms with E-state index in [4.69, 9.17) is 0 Å². The summed E-state index contributed by atoms with van der Waals surface area (Å²) in [7, 11) is 5.00. The van der Waals surface area contributed by atoms with Crippen LogP contribution in [0.5, 0.6) is 0 Å². The van der Waals surface area contributed by atoms with Gasteiger partial charge in [0.05, 0.1) is 0 Å². The first kappa shape index (κ1) is 14.0. The number of amides is 2. The molecule has 1 aromatic heterocycles. The SMILES string of the molecule is B=NCC(=O)N(CCNC)NC(=O)c1ncc[nH]1. The molecule has 0 atom stereocenters. The third kappa shape index (κ3) is 4.09. The van der Waals surface area contributed by atoms with Gasteiger partial charge in [-0.1, -0.05) is 0 Å². The van der Waals surface area contributed by atoms with E-state index in [0.717, 1.165) is 0 Å². The molecule has 18 heavy (non-hydrogen) atoms. The number of aromatic nitrogens is 2. The normalized spacial score (nSPS) is 9.78. The molecule has 8 nitrogen and oxygen atoms in total. The molecular weight excluding hydrogens is 235 g/mol. The molecule has 1 rings (SSSR count). The van der Waals surface area contributed by atoms with Crippen LogP contribution in [0.3, 0.4) is 0 Å². The molecule has 0 spiro atoms. The second-order valence-corrected chi connectivity index (χ2v) is 3.41. The van der Waals surface area contributed by atoms with Crippen molar-refractivity contribution in [1.29, 1.82) is 0 Å². The standard InChI is InChI=1S/C9H15BN6O2/c1-11-4-5-16(7(17)6-14-10)15-9(18)8-12-2-3-13-8/h2-3,10-11H,4-6H2,1H3,(H,12,13)(H,15,18). The van der Waals surface area contributed by atoms with Gasteiger partial charge < -0.3 is 0 Å². The second-order valence-electron chi connectivity index (χ2n) is 3.41. The molecule has 0 unspecified atom stereocenters. The fourth-order valence-corrected chi connectivity index (χ4v) is 1.21. The van der Waals surface area contributed by atoms with Gasteiger partial charge in [0.1, 0.15) is 0 Å². The minimum atomic E-state index is -0.478. The monoisotopic (exact) mass is 250 g/mol. The van der Waals surface area contributed by atoms with Gasteiger partial charge in [0.2, 0.25) is 0 Å². The van der Waals surface area contributed by atoms with E-state index in [1.807, 2.05) is 0 Å². The molecule has 3 N–H and O–H groups in total. The van der Waals surface area contributed by atoms with Gasteiger partial charge in [-0.2, -0.15) is 0 Å². The number of nitrogens with one attached hydrogen (secondary N) is 3. The second kappa shape index (κ2) is 7.33. The van der Waals surface area contributed by atoms with Gasteiger partial charge in [0.25, 0.3) is 0 Å². The van der Waals surface area contributed by atoms with Crippen molar-refractivity contribution in [3.63, 3.8) is 0 Å². The molecule has 0 aliphatic carbocycles. The number of imidazole rings is 1. The molecule has 9 heteroatoms. The molecule has 0 aliphatic rings. The van der Waals surface area contributed by atoms with Crippen LogP contribution in [0.25, 0.3) is 0 Å². The zero-order valence-electron chi connectivity index (χ0n) is 10.1. The summed E-state index contributed by atoms with van der Waals surface area (Å²) < 4.78 is 0. The van der Waals surface area contributed by atoms with Gasteiger partial charge >= 0.3 is 105 Å². The van der Waals surface area contributed by atoms with Crippen molar-refractivity contribution in [1.82, 2.24) is 25.7 Å². The molecule has 1 aromatic rings. The van der Waals surface area contributed by atoms with Crippen molar-refractivity contribution in [3.8, 4) is 0 Å². The molecule has 0 saturated heterocycles. The van der Waals surface area contributed by atoms with Crippen molar-refractivity contribution < 1.29 is 9.59 Å². The first-order chi connectivity index (χ1) is 8.69. The van der Waals surface area contributed by atoms with Crippen LogP contribution in [0.15, 0.2) is 17.3 Å². The Morgan fingerprint density at radius 2 is 2.39 bits per heavy atom. The van der Waals surface area contributed by atoms with Crippen LogP contribution in [0, 0.1) is 0 Å². The minimum absolute atomic E-state index is 0.0812. The summed E-state index contributed by atoms with van der Waals surface area (Å²) in [6.07, 6.45) is 2.99. The molecule has 1 heterocycles. The van der Waals surface area contributed by atoms with Crippen LogP contribution in [0.1, 0.15) is 10.6 Å². The first-order valence-electron chi connectivity index (χ1n) is 5.37. The van der Waals surface area contributed by atoms with Crippen LogP contribution in [-0.2, 0) is 4.79 Å². The van der Waals surface area contributed by atoms with E-state index < -0.39 is 5.91 Å². The van der Waals surface area contributed by atoms with Gasteiger partial charge in [-0.05, 0) is 0 Å². The first-order valence-corrected chi connectivity index (χ1v) is 5.37. The van der Waals surface area contributed by atoms with Crippen LogP contribution in [0.4, 0.5) is 0 Å². The van der Waals surface area contributed by atoms with E-state index in [9.17, 15) is 9.59 Å². The summed E-state index contributed by atoms with van der Waals surface area (Å²) >= 11 is 0.